The van der Waals surface area contributed by atoms with E-state index < -0.39 is 35.8 Å². The summed E-state index contributed by atoms with van der Waals surface area (Å²) >= 11 is 6.14. The van der Waals surface area contributed by atoms with E-state index in [4.69, 9.17) is 11.6 Å². The first-order chi connectivity index (χ1) is 17.8. The van der Waals surface area contributed by atoms with E-state index in [2.05, 4.69) is 19.8 Å². The Morgan fingerprint density at radius 3 is 2.68 bits per heavy atom. The molecule has 2 N–H and O–H groups in total. The van der Waals surface area contributed by atoms with Gasteiger partial charge in [0.1, 0.15) is 23.9 Å². The molecular weight excluding hydrogens is 512 g/mol. The van der Waals surface area contributed by atoms with Crippen molar-refractivity contribution in [2.45, 2.75) is 57.3 Å². The molecule has 1 aromatic carbocycles. The molecule has 0 saturated heterocycles. The molecule has 0 amide bonds. The Morgan fingerprint density at radius 1 is 1.22 bits per heavy atom. The molecule has 11 heteroatoms. The molecule has 1 aliphatic rings. The fourth-order valence-corrected chi connectivity index (χ4v) is 5.51. The summed E-state index contributed by atoms with van der Waals surface area (Å²) < 4.78 is 61.4. The predicted octanol–water partition coefficient (Wildman–Crippen LogP) is 6.71. The highest BCUT2D eigenvalue weighted by Crippen LogP contribution is 2.42. The third-order valence-corrected chi connectivity index (χ3v) is 7.50. The highest BCUT2D eigenvalue weighted by Gasteiger charge is 2.28. The van der Waals surface area contributed by atoms with Crippen molar-refractivity contribution < 1.29 is 27.4 Å². The summed E-state index contributed by atoms with van der Waals surface area (Å²) in [4.78, 5) is 7.44. The van der Waals surface area contributed by atoms with Gasteiger partial charge in [-0.2, -0.15) is 13.9 Å². The van der Waals surface area contributed by atoms with Crippen LogP contribution in [0.15, 0.2) is 36.8 Å². The van der Waals surface area contributed by atoms with Crippen molar-refractivity contribution in [3.63, 3.8) is 0 Å². The van der Waals surface area contributed by atoms with Gasteiger partial charge in [-0.05, 0) is 56.4 Å². The van der Waals surface area contributed by atoms with E-state index >= 15 is 0 Å². The summed E-state index contributed by atoms with van der Waals surface area (Å²) in [6.07, 6.45) is 7.78. The number of aromatic nitrogens is 4. The number of hydrogen-bond donors (Lipinski definition) is 2. The topological polar surface area (TPSA) is 76.0 Å². The molecule has 5 rings (SSSR count). The van der Waals surface area contributed by atoms with Crippen molar-refractivity contribution in [3.05, 3.63) is 64.5 Å². The highest BCUT2D eigenvalue weighted by molar-refractivity contribution is 6.31. The van der Waals surface area contributed by atoms with Crippen LogP contribution in [-0.2, 0) is 0 Å². The summed E-state index contributed by atoms with van der Waals surface area (Å²) in [5.41, 5.74) is 3.15. The zero-order valence-corrected chi connectivity index (χ0v) is 20.7. The highest BCUT2D eigenvalue weighted by atomic mass is 35.5. The van der Waals surface area contributed by atoms with Crippen LogP contribution in [0.4, 0.5) is 17.6 Å². The van der Waals surface area contributed by atoms with E-state index in [1.165, 1.54) is 6.20 Å². The molecule has 0 spiro atoms. The SMILES string of the molecule is Cc1c(-c2cnc3[nH]cc(C(CF)c4c(OC(F)F)ccc(F)c4Cl)c3c2)cnn1C1CCC(O)CC1. The van der Waals surface area contributed by atoms with Crippen LogP contribution < -0.4 is 4.74 Å². The number of H-pyrrole nitrogens is 1. The van der Waals surface area contributed by atoms with Crippen molar-refractivity contribution in [1.82, 2.24) is 19.7 Å². The smallest absolute Gasteiger partial charge is 0.387 e. The number of halogens is 5. The normalized spacial score (nSPS) is 19.0. The van der Waals surface area contributed by atoms with Gasteiger partial charge in [0, 0.05) is 46.1 Å². The van der Waals surface area contributed by atoms with Crippen LogP contribution in [0.25, 0.3) is 22.2 Å². The molecule has 3 heterocycles. The van der Waals surface area contributed by atoms with Crippen LogP contribution in [0.3, 0.4) is 0 Å². The number of aliphatic hydroxyl groups excluding tert-OH is 1. The lowest BCUT2D eigenvalue weighted by Crippen LogP contribution is -2.22. The second kappa shape index (κ2) is 10.3. The molecule has 6 nitrogen and oxygen atoms in total. The first-order valence-corrected chi connectivity index (χ1v) is 12.3. The summed E-state index contributed by atoms with van der Waals surface area (Å²) in [5.74, 6) is -2.44. The maximum atomic E-state index is 14.5. The number of nitrogens with one attached hydrogen (secondary N) is 1. The number of hydrogen-bond acceptors (Lipinski definition) is 4. The van der Waals surface area contributed by atoms with E-state index in [-0.39, 0.29) is 17.7 Å². The second-order valence-corrected chi connectivity index (χ2v) is 9.65. The minimum absolute atomic E-state index is 0.191. The number of benzene rings is 1. The van der Waals surface area contributed by atoms with Crippen molar-refractivity contribution >= 4 is 22.6 Å². The lowest BCUT2D eigenvalue weighted by atomic mass is 9.91. The van der Waals surface area contributed by atoms with Crippen molar-refractivity contribution in [3.8, 4) is 16.9 Å². The monoisotopic (exact) mass is 536 g/mol. The average molecular weight is 537 g/mol. The number of rotatable bonds is 7. The molecule has 0 radical (unpaired) electrons. The Balaban J connectivity index is 1.56. The van der Waals surface area contributed by atoms with Crippen molar-refractivity contribution in [2.24, 2.45) is 0 Å². The Hall–Kier alpha value is -3.11. The van der Waals surface area contributed by atoms with Crippen molar-refractivity contribution in [1.29, 1.82) is 0 Å². The molecule has 196 valence electrons. The molecule has 1 atom stereocenters. The number of nitrogens with zero attached hydrogens (tertiary/aromatic N) is 3. The van der Waals surface area contributed by atoms with E-state index in [1.54, 1.807) is 12.4 Å². The predicted molar refractivity (Wildman–Crippen MR) is 131 cm³/mol. The summed E-state index contributed by atoms with van der Waals surface area (Å²) in [7, 11) is 0. The zero-order valence-electron chi connectivity index (χ0n) is 19.9. The van der Waals surface area contributed by atoms with Crippen LogP contribution >= 0.6 is 11.6 Å². The molecule has 0 bridgehead atoms. The van der Waals surface area contributed by atoms with E-state index in [9.17, 15) is 22.7 Å². The van der Waals surface area contributed by atoms with Gasteiger partial charge in [-0.15, -0.1) is 0 Å². The molecule has 1 unspecified atom stereocenters. The Bertz CT molecular complexity index is 1420. The number of pyridine rings is 1. The minimum atomic E-state index is -3.19. The third kappa shape index (κ3) is 4.80. The zero-order chi connectivity index (χ0) is 26.3. The van der Waals surface area contributed by atoms with Crippen LogP contribution in [0.2, 0.25) is 5.02 Å². The van der Waals surface area contributed by atoms with Crippen LogP contribution in [-0.4, -0.2) is 44.2 Å². The number of alkyl halides is 3. The van der Waals surface area contributed by atoms with E-state index in [0.29, 0.717) is 16.6 Å². The first kappa shape index (κ1) is 25.5. The van der Waals surface area contributed by atoms with Crippen LogP contribution in [0.5, 0.6) is 5.75 Å². The lowest BCUT2D eigenvalue weighted by Gasteiger charge is -2.26. The molecule has 37 heavy (non-hydrogen) atoms. The fraction of sp³-hybridized carbons (Fsp3) is 0.385. The maximum Gasteiger partial charge on any atom is 0.387 e. The number of fused-ring (bicyclic) bond motifs is 1. The largest absolute Gasteiger partial charge is 0.434 e. The van der Waals surface area contributed by atoms with Gasteiger partial charge in [-0.3, -0.25) is 9.07 Å². The Morgan fingerprint density at radius 2 is 1.97 bits per heavy atom. The molecule has 1 saturated carbocycles. The van der Waals surface area contributed by atoms with Gasteiger partial charge in [0.25, 0.3) is 0 Å². The second-order valence-electron chi connectivity index (χ2n) is 9.27. The fourth-order valence-electron chi connectivity index (χ4n) is 5.22. The Kier molecular flexibility index (Phi) is 7.13. The van der Waals surface area contributed by atoms with Crippen LogP contribution in [0.1, 0.15) is 54.5 Å². The minimum Gasteiger partial charge on any atom is -0.434 e. The maximum absolute atomic E-state index is 14.5. The molecule has 1 aliphatic carbocycles. The number of aromatic amines is 1. The number of ether oxygens (including phenoxy) is 1. The van der Waals surface area contributed by atoms with Gasteiger partial charge in [0.05, 0.1) is 23.4 Å². The molecule has 1 fully saturated rings. The van der Waals surface area contributed by atoms with Gasteiger partial charge in [0.2, 0.25) is 0 Å². The van der Waals surface area contributed by atoms with Gasteiger partial charge < -0.3 is 14.8 Å². The lowest BCUT2D eigenvalue weighted by molar-refractivity contribution is -0.0506. The van der Waals surface area contributed by atoms with E-state index in [0.717, 1.165) is 54.6 Å². The van der Waals surface area contributed by atoms with Gasteiger partial charge in [-0.25, -0.2) is 9.37 Å². The molecule has 3 aromatic heterocycles. The van der Waals surface area contributed by atoms with Gasteiger partial charge in [-0.1, -0.05) is 11.6 Å². The van der Waals surface area contributed by atoms with Crippen molar-refractivity contribution in [2.75, 3.05) is 6.67 Å². The summed E-state index contributed by atoms with van der Waals surface area (Å²) in [6.45, 7) is -2.27. The first-order valence-electron chi connectivity index (χ1n) is 12.0. The Labute approximate surface area is 215 Å². The number of aliphatic hydroxyl groups is 1. The van der Waals surface area contributed by atoms with Crippen LogP contribution in [0, 0.1) is 12.7 Å². The quantitative estimate of drug-likeness (QED) is 0.257. The summed E-state index contributed by atoms with van der Waals surface area (Å²) in [5, 5.41) is 14.5. The average Bonchev–Trinajstić information content (AvgIpc) is 3.47. The summed E-state index contributed by atoms with van der Waals surface area (Å²) in [6, 6.07) is 3.93. The standard InChI is InChI=1S/C26H25ClF4N4O2/c1-13-19(12-34-35(13)15-2-4-16(36)5-3-15)14-8-17-20(11-33-25(17)32-10-14)18(9-28)23-22(37-26(30)31)7-6-21(29)24(23)27/h6-8,10-12,15-16,18,26,36H,2-5,9H2,1H3,(H,32,33). The molecular formula is C26H25ClF4N4O2. The van der Waals surface area contributed by atoms with Gasteiger partial charge in [0.15, 0.2) is 0 Å². The van der Waals surface area contributed by atoms with Gasteiger partial charge >= 0.3 is 6.61 Å². The molecule has 4 aromatic rings. The van der Waals surface area contributed by atoms with E-state index in [1.807, 2.05) is 17.7 Å². The molecule has 0 aliphatic heterocycles. The third-order valence-electron chi connectivity index (χ3n) is 7.12.